The van der Waals surface area contributed by atoms with Crippen LogP contribution in [0.3, 0.4) is 0 Å². The van der Waals surface area contributed by atoms with Crippen LogP contribution in [0.4, 0.5) is 0 Å². The van der Waals surface area contributed by atoms with E-state index in [9.17, 15) is 4.79 Å². The standard InChI is InChI=1S/C13H23N3O/c17-13-12(3-1-2-7-14-13)15-10-6-8-16(9-10)11-4-5-11/h10-12,15H,1-9H2,(H,14,17). The van der Waals surface area contributed by atoms with Crippen LogP contribution in [0.15, 0.2) is 0 Å². The third-order valence-electron chi connectivity index (χ3n) is 4.26. The Bertz CT molecular complexity index is 290. The Hall–Kier alpha value is -0.610. The molecule has 0 bridgehead atoms. The van der Waals surface area contributed by atoms with Gasteiger partial charge in [0.15, 0.2) is 0 Å². The molecule has 2 N–H and O–H groups in total. The van der Waals surface area contributed by atoms with Crippen LogP contribution in [-0.2, 0) is 4.79 Å². The first kappa shape index (κ1) is 11.5. The molecule has 2 aliphatic heterocycles. The molecular formula is C13H23N3O. The highest BCUT2D eigenvalue weighted by Crippen LogP contribution is 2.29. The van der Waals surface area contributed by atoms with Crippen LogP contribution in [0.25, 0.3) is 0 Å². The molecule has 96 valence electrons. The van der Waals surface area contributed by atoms with Crippen molar-refractivity contribution in [3.05, 3.63) is 0 Å². The fraction of sp³-hybridized carbons (Fsp3) is 0.923. The number of rotatable bonds is 3. The van der Waals surface area contributed by atoms with E-state index in [0.717, 1.165) is 38.4 Å². The maximum Gasteiger partial charge on any atom is 0.237 e. The van der Waals surface area contributed by atoms with Gasteiger partial charge in [0, 0.05) is 31.7 Å². The molecule has 3 aliphatic rings. The minimum absolute atomic E-state index is 0.0571. The number of nitrogens with zero attached hydrogens (tertiary/aromatic N) is 1. The molecule has 3 rings (SSSR count). The highest BCUT2D eigenvalue weighted by molar-refractivity contribution is 5.81. The number of carbonyl (C=O) groups excluding carboxylic acids is 1. The molecule has 1 amide bonds. The van der Waals surface area contributed by atoms with Gasteiger partial charge >= 0.3 is 0 Å². The van der Waals surface area contributed by atoms with Crippen molar-refractivity contribution in [1.82, 2.24) is 15.5 Å². The van der Waals surface area contributed by atoms with Gasteiger partial charge in [0.05, 0.1) is 6.04 Å². The zero-order valence-electron chi connectivity index (χ0n) is 10.5. The van der Waals surface area contributed by atoms with Gasteiger partial charge in [-0.25, -0.2) is 0 Å². The van der Waals surface area contributed by atoms with Crippen molar-refractivity contribution < 1.29 is 4.79 Å². The zero-order valence-corrected chi connectivity index (χ0v) is 10.5. The largest absolute Gasteiger partial charge is 0.355 e. The molecule has 2 saturated heterocycles. The first-order valence-corrected chi connectivity index (χ1v) is 7.11. The molecule has 3 fully saturated rings. The summed E-state index contributed by atoms with van der Waals surface area (Å²) in [5.74, 6) is 0.215. The number of hydrogen-bond donors (Lipinski definition) is 2. The summed E-state index contributed by atoms with van der Waals surface area (Å²) >= 11 is 0. The fourth-order valence-electron chi connectivity index (χ4n) is 3.08. The molecule has 0 aromatic carbocycles. The molecule has 2 heterocycles. The molecule has 1 aliphatic carbocycles. The number of carbonyl (C=O) groups is 1. The first-order chi connectivity index (χ1) is 8.33. The predicted octanol–water partition coefficient (Wildman–Crippen LogP) is 0.481. The van der Waals surface area contributed by atoms with E-state index in [4.69, 9.17) is 0 Å². The molecule has 0 radical (unpaired) electrons. The maximum absolute atomic E-state index is 11.8. The topological polar surface area (TPSA) is 44.4 Å². The third-order valence-corrected chi connectivity index (χ3v) is 4.26. The molecule has 2 unspecified atom stereocenters. The minimum atomic E-state index is 0.0571. The maximum atomic E-state index is 11.8. The summed E-state index contributed by atoms with van der Waals surface area (Å²) in [5, 5.41) is 6.57. The van der Waals surface area contributed by atoms with Crippen LogP contribution < -0.4 is 10.6 Å². The van der Waals surface area contributed by atoms with E-state index >= 15 is 0 Å². The van der Waals surface area contributed by atoms with Crippen molar-refractivity contribution in [3.63, 3.8) is 0 Å². The Kier molecular flexibility index (Phi) is 3.34. The molecule has 0 aromatic heterocycles. The monoisotopic (exact) mass is 237 g/mol. The summed E-state index contributed by atoms with van der Waals surface area (Å²) in [6.07, 6.45) is 7.28. The van der Waals surface area contributed by atoms with Crippen molar-refractivity contribution in [2.45, 2.75) is 56.7 Å². The van der Waals surface area contributed by atoms with Crippen LogP contribution in [0.2, 0.25) is 0 Å². The first-order valence-electron chi connectivity index (χ1n) is 7.11. The lowest BCUT2D eigenvalue weighted by atomic mass is 10.1. The highest BCUT2D eigenvalue weighted by Gasteiger charge is 2.35. The summed E-state index contributed by atoms with van der Waals surface area (Å²) in [6, 6.07) is 1.45. The van der Waals surface area contributed by atoms with Gasteiger partial charge in [0.25, 0.3) is 0 Å². The quantitative estimate of drug-likeness (QED) is 0.750. The van der Waals surface area contributed by atoms with Crippen molar-refractivity contribution in [3.8, 4) is 0 Å². The van der Waals surface area contributed by atoms with Gasteiger partial charge in [-0.1, -0.05) is 0 Å². The van der Waals surface area contributed by atoms with Crippen molar-refractivity contribution in [1.29, 1.82) is 0 Å². The van der Waals surface area contributed by atoms with Gasteiger partial charge in [-0.2, -0.15) is 0 Å². The van der Waals surface area contributed by atoms with E-state index in [1.165, 1.54) is 25.8 Å². The fourth-order valence-corrected chi connectivity index (χ4v) is 3.08. The lowest BCUT2D eigenvalue weighted by molar-refractivity contribution is -0.123. The Morgan fingerprint density at radius 1 is 1.18 bits per heavy atom. The zero-order chi connectivity index (χ0) is 11.7. The Labute approximate surface area is 103 Å². The van der Waals surface area contributed by atoms with Crippen LogP contribution >= 0.6 is 0 Å². The molecule has 0 aromatic rings. The molecule has 17 heavy (non-hydrogen) atoms. The summed E-state index contributed by atoms with van der Waals surface area (Å²) < 4.78 is 0. The number of nitrogens with one attached hydrogen (secondary N) is 2. The van der Waals surface area contributed by atoms with E-state index in [1.807, 2.05) is 0 Å². The molecule has 1 saturated carbocycles. The van der Waals surface area contributed by atoms with Gasteiger partial charge in [0.1, 0.15) is 0 Å². The summed E-state index contributed by atoms with van der Waals surface area (Å²) in [7, 11) is 0. The second kappa shape index (κ2) is 4.94. The average Bonchev–Trinajstić information content (AvgIpc) is 3.09. The van der Waals surface area contributed by atoms with Gasteiger partial charge in [-0.15, -0.1) is 0 Å². The average molecular weight is 237 g/mol. The van der Waals surface area contributed by atoms with Gasteiger partial charge < -0.3 is 10.6 Å². The molecular weight excluding hydrogens is 214 g/mol. The van der Waals surface area contributed by atoms with E-state index in [2.05, 4.69) is 15.5 Å². The Morgan fingerprint density at radius 2 is 2.06 bits per heavy atom. The van der Waals surface area contributed by atoms with Gasteiger partial charge in [-0.05, 0) is 38.5 Å². The lowest BCUT2D eigenvalue weighted by Gasteiger charge is -2.21. The number of hydrogen-bond acceptors (Lipinski definition) is 3. The van der Waals surface area contributed by atoms with E-state index in [0.29, 0.717) is 6.04 Å². The van der Waals surface area contributed by atoms with Crippen LogP contribution in [0, 0.1) is 0 Å². The number of amides is 1. The predicted molar refractivity (Wildman–Crippen MR) is 66.8 cm³/mol. The summed E-state index contributed by atoms with van der Waals surface area (Å²) in [5.41, 5.74) is 0. The molecule has 4 heteroatoms. The molecule has 2 atom stereocenters. The lowest BCUT2D eigenvalue weighted by Crippen LogP contribution is -2.48. The van der Waals surface area contributed by atoms with E-state index < -0.39 is 0 Å². The van der Waals surface area contributed by atoms with E-state index in [1.54, 1.807) is 0 Å². The number of likely N-dealkylation sites (tertiary alicyclic amines) is 1. The van der Waals surface area contributed by atoms with Gasteiger partial charge in [-0.3, -0.25) is 9.69 Å². The van der Waals surface area contributed by atoms with Crippen LogP contribution in [-0.4, -0.2) is 48.6 Å². The minimum Gasteiger partial charge on any atom is -0.355 e. The van der Waals surface area contributed by atoms with E-state index in [-0.39, 0.29) is 11.9 Å². The third kappa shape index (κ3) is 2.80. The Balaban J connectivity index is 1.50. The second-order valence-electron chi connectivity index (χ2n) is 5.72. The van der Waals surface area contributed by atoms with Crippen LogP contribution in [0.1, 0.15) is 38.5 Å². The molecule has 0 spiro atoms. The summed E-state index contributed by atoms with van der Waals surface area (Å²) in [4.78, 5) is 14.4. The van der Waals surface area contributed by atoms with Crippen molar-refractivity contribution in [2.75, 3.05) is 19.6 Å². The second-order valence-corrected chi connectivity index (χ2v) is 5.72. The van der Waals surface area contributed by atoms with Gasteiger partial charge in [0.2, 0.25) is 5.91 Å². The highest BCUT2D eigenvalue weighted by atomic mass is 16.2. The van der Waals surface area contributed by atoms with Crippen molar-refractivity contribution >= 4 is 5.91 Å². The van der Waals surface area contributed by atoms with Crippen molar-refractivity contribution in [2.24, 2.45) is 0 Å². The van der Waals surface area contributed by atoms with Crippen LogP contribution in [0.5, 0.6) is 0 Å². The SMILES string of the molecule is O=C1NCCCCC1NC1CCN(C2CC2)C1. The molecule has 4 nitrogen and oxygen atoms in total. The normalized spacial score (nSPS) is 35.6. The summed E-state index contributed by atoms with van der Waals surface area (Å²) in [6.45, 7) is 3.22. The Morgan fingerprint density at radius 3 is 2.88 bits per heavy atom. The smallest absolute Gasteiger partial charge is 0.237 e.